The summed E-state index contributed by atoms with van der Waals surface area (Å²) in [6.07, 6.45) is 2.66. The molecular weight excluding hydrogens is 69.7 g/mol. The fourth-order valence-electron chi connectivity index (χ4n) is 0.289. The highest BCUT2D eigenvalue weighted by Gasteiger charge is 1.94. The molecule has 0 atom stereocenters. The second-order valence-electron chi connectivity index (χ2n) is 1.92. The minimum atomic E-state index is 0.935. The van der Waals surface area contributed by atoms with E-state index in [0.29, 0.717) is 0 Å². The molecule has 6 heavy (non-hydrogen) atoms. The molecule has 0 amide bonds. The maximum absolute atomic E-state index is 2.28. The van der Waals surface area contributed by atoms with Gasteiger partial charge in [-0.2, -0.15) is 0 Å². The Morgan fingerprint density at radius 2 is 2.17 bits per heavy atom. The van der Waals surface area contributed by atoms with Crippen LogP contribution in [0.4, 0.5) is 0 Å². The molecule has 0 aliphatic heterocycles. The average Bonchev–Trinajstić information content (AvgIpc) is 1.65. The summed E-state index contributed by atoms with van der Waals surface area (Å²) < 4.78 is 0. The van der Waals surface area contributed by atoms with Crippen molar-refractivity contribution in [2.45, 2.75) is 26.3 Å². The van der Waals surface area contributed by atoms with Crippen LogP contribution in [0.5, 0.6) is 0 Å². The Labute approximate surface area is 41.8 Å². The van der Waals surface area contributed by atoms with Crippen LogP contribution in [0.25, 0.3) is 0 Å². The molecule has 0 nitrogen and oxygen atoms in total. The molecule has 0 unspecified atom stereocenters. The molecule has 0 saturated heterocycles. The SMILES string of the molecule is BCB(C)CC. The summed E-state index contributed by atoms with van der Waals surface area (Å²) in [4.78, 5) is 0. The lowest BCUT2D eigenvalue weighted by molar-refractivity contribution is 1.40. The zero-order valence-electron chi connectivity index (χ0n) is 4.99. The third kappa shape index (κ3) is 2.37. The molecule has 0 spiro atoms. The van der Waals surface area contributed by atoms with Gasteiger partial charge in [0, 0.05) is 0 Å². The maximum atomic E-state index is 2.28. The second kappa shape index (κ2) is 3.32. The van der Waals surface area contributed by atoms with E-state index in [9.17, 15) is 0 Å². The van der Waals surface area contributed by atoms with Crippen LogP contribution in [0.3, 0.4) is 0 Å². The van der Waals surface area contributed by atoms with Crippen molar-refractivity contribution in [3.05, 3.63) is 0 Å². The van der Waals surface area contributed by atoms with Crippen molar-refractivity contribution >= 4 is 14.6 Å². The molecule has 0 heterocycles. The maximum Gasteiger partial charge on any atom is 0.128 e. The molecule has 0 saturated carbocycles. The zero-order chi connectivity index (χ0) is 4.99. The van der Waals surface area contributed by atoms with Gasteiger partial charge in [0.25, 0.3) is 0 Å². The van der Waals surface area contributed by atoms with Gasteiger partial charge < -0.3 is 0 Å². The summed E-state index contributed by atoms with van der Waals surface area (Å²) in [6.45, 7) is 5.44. The first-order valence-electron chi connectivity index (χ1n) is 2.81. The van der Waals surface area contributed by atoms with Gasteiger partial charge >= 0.3 is 0 Å². The fourth-order valence-corrected chi connectivity index (χ4v) is 0.289. The van der Waals surface area contributed by atoms with Crippen LogP contribution in [0.2, 0.25) is 19.4 Å². The first kappa shape index (κ1) is 6.13. The molecule has 34 valence electrons. The summed E-state index contributed by atoms with van der Waals surface area (Å²) in [5.74, 6) is 0. The van der Waals surface area contributed by atoms with E-state index in [1.807, 2.05) is 0 Å². The Morgan fingerprint density at radius 1 is 1.67 bits per heavy atom. The van der Waals surface area contributed by atoms with Crippen molar-refractivity contribution in [1.29, 1.82) is 0 Å². The number of hydrogen-bond acceptors (Lipinski definition) is 0. The van der Waals surface area contributed by atoms with Crippen LogP contribution < -0.4 is 0 Å². The molecule has 0 aliphatic rings. The Balaban J connectivity index is 2.75. The highest BCUT2D eigenvalue weighted by atomic mass is 13.5. The van der Waals surface area contributed by atoms with Crippen LogP contribution in [0.1, 0.15) is 6.92 Å². The largest absolute Gasteiger partial charge is 0.128 e. The van der Waals surface area contributed by atoms with Crippen molar-refractivity contribution < 1.29 is 0 Å². The van der Waals surface area contributed by atoms with Gasteiger partial charge in [-0.05, 0) is 0 Å². The lowest BCUT2D eigenvalue weighted by atomic mass is 9.43. The Morgan fingerprint density at radius 3 is 2.17 bits per heavy atom. The van der Waals surface area contributed by atoms with Crippen molar-refractivity contribution in [2.75, 3.05) is 0 Å². The number of rotatable bonds is 2. The first-order valence-corrected chi connectivity index (χ1v) is 2.81. The van der Waals surface area contributed by atoms with E-state index in [1.54, 1.807) is 0 Å². The van der Waals surface area contributed by atoms with Crippen molar-refractivity contribution in [1.82, 2.24) is 0 Å². The molecule has 0 aliphatic carbocycles. The summed E-state index contributed by atoms with van der Waals surface area (Å²) in [7, 11) is 2.23. The Kier molecular flexibility index (Phi) is 3.40. The normalized spacial score (nSPS) is 8.33. The summed E-state index contributed by atoms with van der Waals surface area (Å²) in [5.41, 5.74) is 0. The van der Waals surface area contributed by atoms with E-state index >= 15 is 0 Å². The first-order chi connectivity index (χ1) is 2.81. The molecule has 0 aromatic heterocycles. The van der Waals surface area contributed by atoms with E-state index in [2.05, 4.69) is 21.6 Å². The molecule has 0 aromatic carbocycles. The van der Waals surface area contributed by atoms with Gasteiger partial charge in [0.05, 0.1) is 7.85 Å². The molecule has 0 N–H and O–H groups in total. The van der Waals surface area contributed by atoms with Gasteiger partial charge in [-0.25, -0.2) is 0 Å². The van der Waals surface area contributed by atoms with Crippen LogP contribution >= 0.6 is 0 Å². The van der Waals surface area contributed by atoms with E-state index in [1.165, 1.54) is 12.5 Å². The highest BCUT2D eigenvalue weighted by molar-refractivity contribution is 6.64. The summed E-state index contributed by atoms with van der Waals surface area (Å²) in [6, 6.07) is 0. The fraction of sp³-hybridized carbons (Fsp3) is 1.00. The van der Waals surface area contributed by atoms with Crippen LogP contribution in [-0.2, 0) is 0 Å². The Bertz CT molecular complexity index is 24.7. The summed E-state index contributed by atoms with van der Waals surface area (Å²) >= 11 is 0. The average molecular weight is 81.8 g/mol. The monoisotopic (exact) mass is 82.1 g/mol. The van der Waals surface area contributed by atoms with Gasteiger partial charge in [-0.3, -0.25) is 0 Å². The minimum Gasteiger partial charge on any atom is -0.102 e. The van der Waals surface area contributed by atoms with Gasteiger partial charge in [0.15, 0.2) is 0 Å². The van der Waals surface area contributed by atoms with Gasteiger partial charge in [-0.1, -0.05) is 20.1 Å². The standard InChI is InChI=1S/C4H12B2/c1-3-6(2)4-5/h3-5H2,1-2H3. The smallest absolute Gasteiger partial charge is 0.102 e. The highest BCUT2D eigenvalue weighted by Crippen LogP contribution is 1.91. The second-order valence-corrected chi connectivity index (χ2v) is 1.92. The zero-order valence-corrected chi connectivity index (χ0v) is 4.99. The number of hydrogen-bond donors (Lipinski definition) is 0. The van der Waals surface area contributed by atoms with Gasteiger partial charge in [0.2, 0.25) is 0 Å². The van der Waals surface area contributed by atoms with Gasteiger partial charge in [-0.15, -0.1) is 6.22 Å². The van der Waals surface area contributed by atoms with E-state index in [4.69, 9.17) is 0 Å². The third-order valence-electron chi connectivity index (χ3n) is 1.39. The lowest BCUT2D eigenvalue weighted by Gasteiger charge is -1.93. The van der Waals surface area contributed by atoms with Crippen molar-refractivity contribution in [2.24, 2.45) is 0 Å². The van der Waals surface area contributed by atoms with Crippen LogP contribution in [0, 0.1) is 0 Å². The molecule has 0 rings (SSSR count). The molecule has 2 heteroatoms. The third-order valence-corrected chi connectivity index (χ3v) is 1.39. The quantitative estimate of drug-likeness (QED) is 0.430. The van der Waals surface area contributed by atoms with E-state index < -0.39 is 0 Å². The lowest BCUT2D eigenvalue weighted by Crippen LogP contribution is -2.01. The molecular formula is C4H12B2. The summed E-state index contributed by atoms with van der Waals surface area (Å²) in [5, 5.41) is 0. The molecule has 0 bridgehead atoms. The predicted molar refractivity (Wildman–Crippen MR) is 35.4 cm³/mol. The van der Waals surface area contributed by atoms with Crippen LogP contribution in [-0.4, -0.2) is 14.6 Å². The predicted octanol–water partition coefficient (Wildman–Crippen LogP) is 0.721. The molecule has 0 fully saturated rings. The molecule has 0 radical (unpaired) electrons. The van der Waals surface area contributed by atoms with E-state index in [-0.39, 0.29) is 0 Å². The van der Waals surface area contributed by atoms with Crippen LogP contribution in [0.15, 0.2) is 0 Å². The Hall–Kier alpha value is 0.130. The topological polar surface area (TPSA) is 0 Å². The minimum absolute atomic E-state index is 0.935. The van der Waals surface area contributed by atoms with Crippen molar-refractivity contribution in [3.8, 4) is 0 Å². The van der Waals surface area contributed by atoms with Gasteiger partial charge in [0.1, 0.15) is 6.71 Å². The molecule has 0 aromatic rings. The van der Waals surface area contributed by atoms with Crippen molar-refractivity contribution in [3.63, 3.8) is 0 Å². The van der Waals surface area contributed by atoms with E-state index in [0.717, 1.165) is 6.71 Å².